The number of hydrogen-bond donors (Lipinski definition) is 3. The second-order valence-corrected chi connectivity index (χ2v) is 8.62. The maximum Gasteiger partial charge on any atom is 0.251 e. The zero-order valence-electron chi connectivity index (χ0n) is 20.9. The summed E-state index contributed by atoms with van der Waals surface area (Å²) in [6.07, 6.45) is 3.88. The molecule has 1 aromatic heterocycles. The lowest BCUT2D eigenvalue weighted by Crippen LogP contribution is -2.42. The van der Waals surface area contributed by atoms with E-state index >= 15 is 0 Å². The van der Waals surface area contributed by atoms with E-state index in [0.29, 0.717) is 12.0 Å². The summed E-state index contributed by atoms with van der Waals surface area (Å²) in [6.45, 7) is 2.19. The van der Waals surface area contributed by atoms with E-state index in [-0.39, 0.29) is 25.7 Å². The minimum atomic E-state index is -0.620. The average molecular weight is 502 g/mol. The van der Waals surface area contributed by atoms with Crippen LogP contribution in [0.1, 0.15) is 39.0 Å². The molecule has 2 amide bonds. The predicted molar refractivity (Wildman–Crippen MR) is 139 cm³/mol. The maximum atomic E-state index is 13.0. The molecule has 0 aliphatic heterocycles. The van der Waals surface area contributed by atoms with Crippen LogP contribution in [0.5, 0.6) is 0 Å². The highest BCUT2D eigenvalue weighted by Gasteiger charge is 2.25. The van der Waals surface area contributed by atoms with Crippen LogP contribution in [-0.4, -0.2) is 48.6 Å². The van der Waals surface area contributed by atoms with Crippen molar-refractivity contribution in [3.63, 3.8) is 0 Å². The summed E-state index contributed by atoms with van der Waals surface area (Å²) in [5.74, 6) is 4.73. The zero-order chi connectivity index (χ0) is 26.5. The lowest BCUT2D eigenvalue weighted by Gasteiger charge is -2.23. The molecule has 0 fully saturated rings. The van der Waals surface area contributed by atoms with Crippen molar-refractivity contribution in [2.24, 2.45) is 5.92 Å². The van der Waals surface area contributed by atoms with Crippen LogP contribution < -0.4 is 10.8 Å². The molecule has 0 bridgehead atoms. The van der Waals surface area contributed by atoms with Crippen molar-refractivity contribution in [1.29, 1.82) is 0 Å². The van der Waals surface area contributed by atoms with Gasteiger partial charge in [-0.05, 0) is 67.8 Å². The molecule has 192 valence electrons. The molecule has 0 unspecified atom stereocenters. The van der Waals surface area contributed by atoms with E-state index in [1.165, 1.54) is 12.7 Å². The number of hydroxylamine groups is 1. The SMILES string of the molecule is COCOC[C@H](C[C@H](Cc1cccnc1)C(=O)NO)NC(=O)c1ccc(C#Cc2ccc(C)cc2)cc1. The fraction of sp³-hybridized carbons (Fsp3) is 0.276. The van der Waals surface area contributed by atoms with Crippen LogP contribution in [0.2, 0.25) is 0 Å². The van der Waals surface area contributed by atoms with Gasteiger partial charge in [0.2, 0.25) is 5.91 Å². The second-order valence-electron chi connectivity index (χ2n) is 8.62. The van der Waals surface area contributed by atoms with Crippen LogP contribution in [0.4, 0.5) is 0 Å². The molecule has 3 rings (SSSR count). The first kappa shape index (κ1) is 27.6. The Hall–Kier alpha value is -4.03. The number of aryl methyl sites for hydroxylation is 1. The third-order valence-corrected chi connectivity index (χ3v) is 5.66. The highest BCUT2D eigenvalue weighted by atomic mass is 16.7. The first-order valence-corrected chi connectivity index (χ1v) is 11.9. The van der Waals surface area contributed by atoms with Gasteiger partial charge in [0.1, 0.15) is 6.79 Å². The Bertz CT molecular complexity index is 1200. The summed E-state index contributed by atoms with van der Waals surface area (Å²) in [7, 11) is 1.50. The van der Waals surface area contributed by atoms with Gasteiger partial charge in [-0.2, -0.15) is 0 Å². The summed E-state index contributed by atoms with van der Waals surface area (Å²) in [5.41, 5.74) is 5.89. The predicted octanol–water partition coefficient (Wildman–Crippen LogP) is 3.26. The van der Waals surface area contributed by atoms with Gasteiger partial charge >= 0.3 is 0 Å². The molecule has 0 radical (unpaired) electrons. The first-order valence-electron chi connectivity index (χ1n) is 11.9. The maximum absolute atomic E-state index is 13.0. The summed E-state index contributed by atoms with van der Waals surface area (Å²) >= 11 is 0. The number of pyridine rings is 1. The van der Waals surface area contributed by atoms with Gasteiger partial charge in [0.05, 0.1) is 12.6 Å². The highest BCUT2D eigenvalue weighted by Crippen LogP contribution is 2.16. The Labute approximate surface area is 217 Å². The number of rotatable bonds is 11. The highest BCUT2D eigenvalue weighted by molar-refractivity contribution is 5.94. The van der Waals surface area contributed by atoms with E-state index in [1.807, 2.05) is 37.3 Å². The molecule has 37 heavy (non-hydrogen) atoms. The van der Waals surface area contributed by atoms with E-state index in [4.69, 9.17) is 9.47 Å². The van der Waals surface area contributed by atoms with Gasteiger partial charge in [0.15, 0.2) is 0 Å². The van der Waals surface area contributed by atoms with Crippen LogP contribution >= 0.6 is 0 Å². The second kappa shape index (κ2) is 14.5. The Morgan fingerprint density at radius 2 is 1.70 bits per heavy atom. The van der Waals surface area contributed by atoms with E-state index in [9.17, 15) is 14.8 Å². The van der Waals surface area contributed by atoms with Crippen molar-refractivity contribution < 1.29 is 24.3 Å². The monoisotopic (exact) mass is 501 g/mol. The number of methoxy groups -OCH3 is 1. The number of benzene rings is 2. The van der Waals surface area contributed by atoms with Gasteiger partial charge < -0.3 is 14.8 Å². The number of nitrogens with zero attached hydrogens (tertiary/aromatic N) is 1. The van der Waals surface area contributed by atoms with Crippen LogP contribution in [0.25, 0.3) is 0 Å². The molecular weight excluding hydrogens is 470 g/mol. The molecule has 2 aromatic carbocycles. The molecule has 8 heteroatoms. The molecule has 0 spiro atoms. The smallest absolute Gasteiger partial charge is 0.251 e. The Morgan fingerprint density at radius 1 is 1.03 bits per heavy atom. The van der Waals surface area contributed by atoms with Crippen molar-refractivity contribution in [3.05, 3.63) is 101 Å². The topological polar surface area (TPSA) is 110 Å². The standard InChI is InChI=1S/C29H31N3O5/c1-21-5-7-22(8-6-21)9-10-23-11-13-25(14-12-23)28(33)31-27(19-37-20-36-2)17-26(29(34)32-35)16-24-4-3-15-30-18-24/h3-8,11-15,18,26-27,35H,16-17,19-20H2,1-2H3,(H,31,33)(H,32,34)/t26-,27-/m0/s1. The van der Waals surface area contributed by atoms with Crippen molar-refractivity contribution in [2.75, 3.05) is 20.5 Å². The van der Waals surface area contributed by atoms with Gasteiger partial charge in [-0.15, -0.1) is 0 Å². The van der Waals surface area contributed by atoms with Gasteiger partial charge in [-0.1, -0.05) is 35.6 Å². The number of nitrogens with one attached hydrogen (secondary N) is 2. The summed E-state index contributed by atoms with van der Waals surface area (Å²) < 4.78 is 10.4. The third-order valence-electron chi connectivity index (χ3n) is 5.66. The normalized spacial score (nSPS) is 12.1. The van der Waals surface area contributed by atoms with Gasteiger partial charge in [-0.25, -0.2) is 5.48 Å². The zero-order valence-corrected chi connectivity index (χ0v) is 20.9. The average Bonchev–Trinajstić information content (AvgIpc) is 2.92. The van der Waals surface area contributed by atoms with Crippen LogP contribution in [0.3, 0.4) is 0 Å². The fourth-order valence-corrected chi connectivity index (χ4v) is 3.72. The Balaban J connectivity index is 1.68. The molecular formula is C29H31N3O5. The van der Waals surface area contributed by atoms with E-state index < -0.39 is 17.9 Å². The van der Waals surface area contributed by atoms with Crippen molar-refractivity contribution in [2.45, 2.75) is 25.8 Å². The van der Waals surface area contributed by atoms with Crippen LogP contribution in [0.15, 0.2) is 73.1 Å². The molecule has 1 heterocycles. The molecule has 3 N–H and O–H groups in total. The van der Waals surface area contributed by atoms with E-state index in [0.717, 1.165) is 16.7 Å². The van der Waals surface area contributed by atoms with Crippen molar-refractivity contribution >= 4 is 11.8 Å². The summed E-state index contributed by atoms with van der Waals surface area (Å²) in [6, 6.07) is 18.1. The lowest BCUT2D eigenvalue weighted by molar-refractivity contribution is -0.134. The van der Waals surface area contributed by atoms with Gasteiger partial charge in [0, 0.05) is 42.1 Å². The fourth-order valence-electron chi connectivity index (χ4n) is 3.72. The quantitative estimate of drug-likeness (QED) is 0.122. The number of ether oxygens (including phenoxy) is 2. The number of aromatic nitrogens is 1. The number of carbonyl (C=O) groups excluding carboxylic acids is 2. The lowest BCUT2D eigenvalue weighted by atomic mass is 9.92. The third kappa shape index (κ3) is 9.17. The van der Waals surface area contributed by atoms with E-state index in [2.05, 4.69) is 22.1 Å². The van der Waals surface area contributed by atoms with Gasteiger partial charge in [-0.3, -0.25) is 19.8 Å². The van der Waals surface area contributed by atoms with Gasteiger partial charge in [0.25, 0.3) is 5.91 Å². The van der Waals surface area contributed by atoms with E-state index in [1.54, 1.807) is 48.2 Å². The van der Waals surface area contributed by atoms with Crippen molar-refractivity contribution in [1.82, 2.24) is 15.8 Å². The molecule has 0 aliphatic rings. The summed E-state index contributed by atoms with van der Waals surface area (Å²) in [5, 5.41) is 12.2. The Morgan fingerprint density at radius 3 is 2.30 bits per heavy atom. The Kier molecular flexibility index (Phi) is 10.8. The molecule has 3 aromatic rings. The van der Waals surface area contributed by atoms with Crippen molar-refractivity contribution in [3.8, 4) is 11.8 Å². The molecule has 0 saturated heterocycles. The van der Waals surface area contributed by atoms with Crippen LogP contribution in [0, 0.1) is 24.7 Å². The molecule has 8 nitrogen and oxygen atoms in total. The molecule has 0 saturated carbocycles. The molecule has 2 atom stereocenters. The first-order chi connectivity index (χ1) is 18.0. The number of carbonyl (C=O) groups is 2. The summed E-state index contributed by atoms with van der Waals surface area (Å²) in [4.78, 5) is 29.5. The minimum absolute atomic E-state index is 0.0419. The van der Waals surface area contributed by atoms with Crippen LogP contribution in [-0.2, 0) is 20.7 Å². The number of amides is 2. The molecule has 0 aliphatic carbocycles. The minimum Gasteiger partial charge on any atom is -0.359 e. The number of hydrogen-bond acceptors (Lipinski definition) is 6. The largest absolute Gasteiger partial charge is 0.359 e.